The van der Waals surface area contributed by atoms with E-state index in [1.807, 2.05) is 18.2 Å². The number of aryl methyl sites for hydroxylation is 1. The molecule has 0 aliphatic carbocycles. The summed E-state index contributed by atoms with van der Waals surface area (Å²) in [5.41, 5.74) is 4.16. The highest BCUT2D eigenvalue weighted by Gasteiger charge is 2.25. The van der Waals surface area contributed by atoms with Gasteiger partial charge in [-0.05, 0) is 30.7 Å². The van der Waals surface area contributed by atoms with Gasteiger partial charge < -0.3 is 4.57 Å². The van der Waals surface area contributed by atoms with Gasteiger partial charge in [0.15, 0.2) is 0 Å². The van der Waals surface area contributed by atoms with Crippen LogP contribution < -0.4 is 0 Å². The molecule has 3 heterocycles. The summed E-state index contributed by atoms with van der Waals surface area (Å²) in [4.78, 5) is 13.3. The lowest BCUT2D eigenvalue weighted by atomic mass is 10.0. The van der Waals surface area contributed by atoms with Crippen LogP contribution in [0.15, 0.2) is 48.8 Å². The van der Waals surface area contributed by atoms with Crippen molar-refractivity contribution in [2.75, 3.05) is 0 Å². The van der Waals surface area contributed by atoms with Crippen LogP contribution in [0.4, 0.5) is 8.78 Å². The Balaban J connectivity index is 1.77. The molecule has 4 aromatic rings. The zero-order chi connectivity index (χ0) is 17.7. The smallest absolute Gasteiger partial charge is 0.135 e. The molecule has 5 rings (SSSR count). The minimum Gasteiger partial charge on any atom is -0.327 e. The van der Waals surface area contributed by atoms with Gasteiger partial charge in [0.05, 0.1) is 22.4 Å². The summed E-state index contributed by atoms with van der Waals surface area (Å²) in [6.45, 7) is 0.832. The minimum absolute atomic E-state index is 0.308. The summed E-state index contributed by atoms with van der Waals surface area (Å²) in [6.07, 6.45) is 5.16. The van der Waals surface area contributed by atoms with Crippen LogP contribution >= 0.6 is 0 Å². The predicted molar refractivity (Wildman–Crippen MR) is 94.4 cm³/mol. The molecule has 1 aliphatic rings. The molecule has 26 heavy (non-hydrogen) atoms. The van der Waals surface area contributed by atoms with E-state index >= 15 is 0 Å². The summed E-state index contributed by atoms with van der Waals surface area (Å²) in [5.74, 6) is -0.276. The molecule has 4 nitrogen and oxygen atoms in total. The summed E-state index contributed by atoms with van der Waals surface area (Å²) in [5, 5.41) is 0. The van der Waals surface area contributed by atoms with Crippen molar-refractivity contribution in [2.45, 2.75) is 19.4 Å². The third-order valence-corrected chi connectivity index (χ3v) is 4.76. The molecule has 0 amide bonds. The minimum atomic E-state index is -0.608. The van der Waals surface area contributed by atoms with Crippen LogP contribution in [0.3, 0.4) is 0 Å². The number of nitrogens with zero attached hydrogens (tertiary/aromatic N) is 4. The Morgan fingerprint density at radius 1 is 0.923 bits per heavy atom. The van der Waals surface area contributed by atoms with E-state index in [0.29, 0.717) is 11.3 Å². The fraction of sp³-hybridized carbons (Fsp3) is 0.150. The first-order chi connectivity index (χ1) is 12.7. The number of fused-ring (bicyclic) bond motifs is 2. The van der Waals surface area contributed by atoms with Gasteiger partial charge in [0, 0.05) is 42.6 Å². The molecule has 2 aromatic carbocycles. The number of benzene rings is 2. The Bertz CT molecular complexity index is 1150. The predicted octanol–water partition coefficient (Wildman–Crippen LogP) is 4.38. The van der Waals surface area contributed by atoms with Crippen molar-refractivity contribution in [1.82, 2.24) is 19.5 Å². The number of aromatic nitrogens is 4. The third-order valence-electron chi connectivity index (χ3n) is 4.76. The van der Waals surface area contributed by atoms with Gasteiger partial charge in [0.1, 0.15) is 17.5 Å². The second-order valence-corrected chi connectivity index (χ2v) is 6.36. The Kier molecular flexibility index (Phi) is 3.31. The quantitative estimate of drug-likeness (QED) is 0.540. The zero-order valence-electron chi connectivity index (χ0n) is 13.8. The number of halogens is 2. The maximum absolute atomic E-state index is 14.4. The van der Waals surface area contributed by atoms with Crippen LogP contribution in [-0.4, -0.2) is 19.5 Å². The third kappa shape index (κ3) is 2.29. The van der Waals surface area contributed by atoms with Crippen LogP contribution in [-0.2, 0) is 13.0 Å². The van der Waals surface area contributed by atoms with Crippen molar-refractivity contribution < 1.29 is 8.78 Å². The molecule has 0 saturated carbocycles. The zero-order valence-corrected chi connectivity index (χ0v) is 13.8. The van der Waals surface area contributed by atoms with E-state index in [9.17, 15) is 8.78 Å². The normalized spacial score (nSPS) is 13.3. The van der Waals surface area contributed by atoms with Crippen molar-refractivity contribution in [2.24, 2.45) is 0 Å². The van der Waals surface area contributed by atoms with Crippen molar-refractivity contribution in [1.29, 1.82) is 0 Å². The van der Waals surface area contributed by atoms with Gasteiger partial charge in [0.25, 0.3) is 0 Å². The maximum atomic E-state index is 14.4. The summed E-state index contributed by atoms with van der Waals surface area (Å²) in [6, 6.07) is 9.40. The molecule has 128 valence electrons. The molecule has 0 bridgehead atoms. The largest absolute Gasteiger partial charge is 0.327 e. The molecule has 0 spiro atoms. The van der Waals surface area contributed by atoms with Crippen molar-refractivity contribution in [3.05, 3.63) is 66.3 Å². The van der Waals surface area contributed by atoms with Gasteiger partial charge in [-0.1, -0.05) is 6.07 Å². The highest BCUT2D eigenvalue weighted by atomic mass is 19.1. The number of rotatable bonds is 2. The molecule has 0 unspecified atom stereocenters. The summed E-state index contributed by atoms with van der Waals surface area (Å²) < 4.78 is 29.9. The summed E-state index contributed by atoms with van der Waals surface area (Å²) in [7, 11) is 0. The Morgan fingerprint density at radius 3 is 2.62 bits per heavy atom. The topological polar surface area (TPSA) is 43.6 Å². The lowest BCUT2D eigenvalue weighted by Crippen LogP contribution is -1.97. The molecule has 1 aliphatic heterocycles. The van der Waals surface area contributed by atoms with E-state index in [2.05, 4.69) is 19.5 Å². The van der Waals surface area contributed by atoms with Crippen molar-refractivity contribution in [3.8, 4) is 22.5 Å². The molecule has 2 aromatic heterocycles. The second-order valence-electron chi connectivity index (χ2n) is 6.36. The van der Waals surface area contributed by atoms with E-state index in [4.69, 9.17) is 0 Å². The Labute approximate surface area is 148 Å². The molecule has 0 N–H and O–H groups in total. The average molecular weight is 348 g/mol. The molecular weight excluding hydrogens is 334 g/mol. The van der Waals surface area contributed by atoms with Gasteiger partial charge in [0.2, 0.25) is 0 Å². The van der Waals surface area contributed by atoms with Gasteiger partial charge in [-0.2, -0.15) is 0 Å². The number of hydrogen-bond donors (Lipinski definition) is 0. The molecule has 0 radical (unpaired) electrons. The lowest BCUT2D eigenvalue weighted by Gasteiger charge is -2.10. The average Bonchev–Trinajstić information content (AvgIpc) is 3.22. The molecule has 6 heteroatoms. The standard InChI is InChI=1S/C20H14F2N4/c21-13-4-5-14(15(22)11-13)19-20(26-9-1-2-18(26)25-19)12-3-6-16-17(10-12)24-8-7-23-16/h3-8,10-11H,1-2,9H2. The number of hydrogen-bond acceptors (Lipinski definition) is 3. The van der Waals surface area contributed by atoms with Crippen LogP contribution in [0.25, 0.3) is 33.5 Å². The van der Waals surface area contributed by atoms with E-state index in [-0.39, 0.29) is 0 Å². The van der Waals surface area contributed by atoms with Gasteiger partial charge >= 0.3 is 0 Å². The second kappa shape index (κ2) is 5.69. The molecular formula is C20H14F2N4. The molecule has 0 saturated heterocycles. The lowest BCUT2D eigenvalue weighted by molar-refractivity contribution is 0.585. The first-order valence-corrected chi connectivity index (χ1v) is 8.47. The SMILES string of the molecule is Fc1ccc(-c2nc3n(c2-c2ccc4nccnc4c2)CCC3)c(F)c1. The Hall–Kier alpha value is -3.15. The van der Waals surface area contributed by atoms with Gasteiger partial charge in [-0.15, -0.1) is 0 Å². The van der Waals surface area contributed by atoms with Crippen LogP contribution in [0.2, 0.25) is 0 Å². The van der Waals surface area contributed by atoms with E-state index in [1.165, 1.54) is 12.1 Å². The van der Waals surface area contributed by atoms with Crippen LogP contribution in [0.5, 0.6) is 0 Å². The van der Waals surface area contributed by atoms with Crippen LogP contribution in [0, 0.1) is 11.6 Å². The van der Waals surface area contributed by atoms with Crippen LogP contribution in [0.1, 0.15) is 12.2 Å². The first-order valence-electron chi connectivity index (χ1n) is 8.47. The highest BCUT2D eigenvalue weighted by Crippen LogP contribution is 2.37. The van der Waals surface area contributed by atoms with E-state index in [0.717, 1.165) is 53.6 Å². The fourth-order valence-electron chi connectivity index (χ4n) is 3.60. The molecule has 0 fully saturated rings. The fourth-order valence-corrected chi connectivity index (χ4v) is 3.60. The number of imidazole rings is 1. The summed E-state index contributed by atoms with van der Waals surface area (Å²) >= 11 is 0. The first kappa shape index (κ1) is 15.1. The van der Waals surface area contributed by atoms with E-state index in [1.54, 1.807) is 12.4 Å². The maximum Gasteiger partial charge on any atom is 0.135 e. The van der Waals surface area contributed by atoms with Crippen molar-refractivity contribution in [3.63, 3.8) is 0 Å². The monoisotopic (exact) mass is 348 g/mol. The van der Waals surface area contributed by atoms with E-state index < -0.39 is 11.6 Å². The van der Waals surface area contributed by atoms with Gasteiger partial charge in [-0.3, -0.25) is 9.97 Å². The molecule has 0 atom stereocenters. The highest BCUT2D eigenvalue weighted by molar-refractivity contribution is 5.85. The van der Waals surface area contributed by atoms with Crippen molar-refractivity contribution >= 4 is 11.0 Å². The Morgan fingerprint density at radius 2 is 1.77 bits per heavy atom. The van der Waals surface area contributed by atoms with Gasteiger partial charge in [-0.25, -0.2) is 13.8 Å².